The highest BCUT2D eigenvalue weighted by Gasteiger charge is 2.09. The molecule has 0 aliphatic carbocycles. The second-order valence-corrected chi connectivity index (χ2v) is 5.21. The Morgan fingerprint density at radius 2 is 1.86 bits per heavy atom. The third-order valence-electron chi connectivity index (χ3n) is 3.13. The van der Waals surface area contributed by atoms with Crippen LogP contribution in [0.4, 0.5) is 4.39 Å². The van der Waals surface area contributed by atoms with Gasteiger partial charge >= 0.3 is 5.69 Å². The van der Waals surface area contributed by atoms with E-state index >= 15 is 0 Å². The van der Waals surface area contributed by atoms with Crippen LogP contribution in [0, 0.1) is 5.82 Å². The predicted molar refractivity (Wildman–Crippen MR) is 79.8 cm³/mol. The molecule has 3 rings (SSSR count). The van der Waals surface area contributed by atoms with E-state index in [0.717, 1.165) is 10.2 Å². The Bertz CT molecular complexity index is 949. The van der Waals surface area contributed by atoms with E-state index in [-0.39, 0.29) is 17.0 Å². The van der Waals surface area contributed by atoms with Crippen molar-refractivity contribution in [3.63, 3.8) is 0 Å². The summed E-state index contributed by atoms with van der Waals surface area (Å²) in [5, 5.41) is 5.06. The number of aromatic amines is 1. The van der Waals surface area contributed by atoms with Gasteiger partial charge in [-0.25, -0.2) is 13.9 Å². The summed E-state index contributed by atoms with van der Waals surface area (Å²) in [5.74, 6) is -0.322. The molecule has 1 aromatic heterocycles. The number of nitrogens with zero attached hydrogens (tertiary/aromatic N) is 2. The number of rotatable bonds is 2. The molecule has 21 heavy (non-hydrogen) atoms. The van der Waals surface area contributed by atoms with Gasteiger partial charge in [-0.2, -0.15) is 5.10 Å². The molecule has 2 aromatic carbocycles. The standard InChI is InChI=1S/C14H9BrFN3O2/c15-12-13(20)17-14(21)19(18-12)7-8-5-6-11(16)10-4-2-1-3-9(8)10/h1-6H,7H2,(H,17,20,21). The zero-order chi connectivity index (χ0) is 15.0. The van der Waals surface area contributed by atoms with Gasteiger partial charge < -0.3 is 0 Å². The molecule has 0 atom stereocenters. The Kier molecular flexibility index (Phi) is 3.42. The van der Waals surface area contributed by atoms with Gasteiger partial charge in [0.1, 0.15) is 5.82 Å². The normalized spacial score (nSPS) is 11.0. The third-order valence-corrected chi connectivity index (χ3v) is 3.65. The SMILES string of the molecule is O=c1[nH]c(=O)n(Cc2ccc(F)c3ccccc23)nc1Br. The predicted octanol–water partition coefficient (Wildman–Crippen LogP) is 2.03. The average molecular weight is 350 g/mol. The van der Waals surface area contributed by atoms with Gasteiger partial charge in [-0.15, -0.1) is 0 Å². The van der Waals surface area contributed by atoms with Crippen LogP contribution >= 0.6 is 15.9 Å². The second-order valence-electron chi connectivity index (χ2n) is 4.46. The second kappa shape index (κ2) is 5.25. The van der Waals surface area contributed by atoms with Crippen LogP contribution in [0.2, 0.25) is 0 Å². The number of H-pyrrole nitrogens is 1. The molecular formula is C14H9BrFN3O2. The summed E-state index contributed by atoms with van der Waals surface area (Å²) in [5.41, 5.74) is -0.461. The number of hydrogen-bond donors (Lipinski definition) is 1. The zero-order valence-corrected chi connectivity index (χ0v) is 12.2. The fourth-order valence-corrected chi connectivity index (χ4v) is 2.43. The topological polar surface area (TPSA) is 67.8 Å². The summed E-state index contributed by atoms with van der Waals surface area (Å²) >= 11 is 2.98. The molecule has 0 amide bonds. The Hall–Kier alpha value is -2.28. The lowest BCUT2D eigenvalue weighted by Gasteiger charge is -2.08. The summed E-state index contributed by atoms with van der Waals surface area (Å²) in [6.45, 7) is 0.134. The van der Waals surface area contributed by atoms with Crippen LogP contribution in [-0.2, 0) is 6.54 Å². The van der Waals surface area contributed by atoms with E-state index in [2.05, 4.69) is 26.0 Å². The molecule has 0 aliphatic rings. The van der Waals surface area contributed by atoms with E-state index in [9.17, 15) is 14.0 Å². The number of aromatic nitrogens is 3. The molecule has 0 saturated carbocycles. The van der Waals surface area contributed by atoms with Crippen molar-refractivity contribution in [3.8, 4) is 0 Å². The van der Waals surface area contributed by atoms with Gasteiger partial charge in [0.05, 0.1) is 6.54 Å². The minimum Gasteiger partial charge on any atom is -0.270 e. The Labute approximate surface area is 126 Å². The molecule has 0 aliphatic heterocycles. The molecule has 106 valence electrons. The van der Waals surface area contributed by atoms with Gasteiger partial charge in [0, 0.05) is 5.39 Å². The molecule has 0 fully saturated rings. The summed E-state index contributed by atoms with van der Waals surface area (Å²) in [6.07, 6.45) is 0. The molecule has 0 spiro atoms. The minimum absolute atomic E-state index is 0.0218. The number of fused-ring (bicyclic) bond motifs is 1. The molecule has 0 radical (unpaired) electrons. The third kappa shape index (κ3) is 2.52. The van der Waals surface area contributed by atoms with E-state index in [1.54, 1.807) is 30.3 Å². The van der Waals surface area contributed by atoms with Gasteiger partial charge in [0.2, 0.25) is 0 Å². The van der Waals surface area contributed by atoms with E-state index < -0.39 is 11.2 Å². The lowest BCUT2D eigenvalue weighted by Crippen LogP contribution is -2.33. The molecule has 7 heteroatoms. The maximum Gasteiger partial charge on any atom is 0.345 e. The van der Waals surface area contributed by atoms with Gasteiger partial charge in [0.25, 0.3) is 5.56 Å². The Morgan fingerprint density at radius 1 is 1.14 bits per heavy atom. The van der Waals surface area contributed by atoms with Crippen LogP contribution in [0.5, 0.6) is 0 Å². The molecular weight excluding hydrogens is 341 g/mol. The van der Waals surface area contributed by atoms with Crippen molar-refractivity contribution in [3.05, 3.63) is 73.2 Å². The minimum atomic E-state index is -0.614. The highest BCUT2D eigenvalue weighted by Crippen LogP contribution is 2.22. The first-order valence-electron chi connectivity index (χ1n) is 6.09. The zero-order valence-electron chi connectivity index (χ0n) is 10.6. The van der Waals surface area contributed by atoms with E-state index in [1.165, 1.54) is 6.07 Å². The molecule has 1 N–H and O–H groups in total. The van der Waals surface area contributed by atoms with E-state index in [1.807, 2.05) is 0 Å². The van der Waals surface area contributed by atoms with Crippen molar-refractivity contribution in [2.45, 2.75) is 6.54 Å². The molecule has 0 bridgehead atoms. The first kappa shape index (κ1) is 13.7. The van der Waals surface area contributed by atoms with Crippen molar-refractivity contribution < 1.29 is 4.39 Å². The van der Waals surface area contributed by atoms with Crippen LogP contribution in [0.1, 0.15) is 5.56 Å². The van der Waals surface area contributed by atoms with Crippen molar-refractivity contribution in [2.75, 3.05) is 0 Å². The van der Waals surface area contributed by atoms with Gasteiger partial charge in [0.15, 0.2) is 4.60 Å². The molecule has 0 saturated heterocycles. The van der Waals surface area contributed by atoms with Crippen molar-refractivity contribution in [1.29, 1.82) is 0 Å². The van der Waals surface area contributed by atoms with Crippen LogP contribution in [0.25, 0.3) is 10.8 Å². The first-order chi connectivity index (χ1) is 10.1. The van der Waals surface area contributed by atoms with Crippen LogP contribution < -0.4 is 11.2 Å². The first-order valence-corrected chi connectivity index (χ1v) is 6.88. The largest absolute Gasteiger partial charge is 0.345 e. The monoisotopic (exact) mass is 349 g/mol. The summed E-state index contributed by atoms with van der Waals surface area (Å²) in [4.78, 5) is 25.2. The van der Waals surface area contributed by atoms with Crippen LogP contribution in [0.3, 0.4) is 0 Å². The number of benzene rings is 2. The molecule has 1 heterocycles. The van der Waals surface area contributed by atoms with Gasteiger partial charge in [-0.3, -0.25) is 9.78 Å². The lowest BCUT2D eigenvalue weighted by molar-refractivity contribution is 0.599. The molecule has 3 aromatic rings. The fraction of sp³-hybridized carbons (Fsp3) is 0.0714. The van der Waals surface area contributed by atoms with Crippen molar-refractivity contribution >= 4 is 26.7 Å². The maximum absolute atomic E-state index is 13.8. The fourth-order valence-electron chi connectivity index (χ4n) is 2.14. The van der Waals surface area contributed by atoms with Crippen LogP contribution in [-0.4, -0.2) is 14.8 Å². The van der Waals surface area contributed by atoms with Crippen molar-refractivity contribution in [2.24, 2.45) is 0 Å². The van der Waals surface area contributed by atoms with E-state index in [0.29, 0.717) is 10.8 Å². The van der Waals surface area contributed by atoms with E-state index in [4.69, 9.17) is 0 Å². The Morgan fingerprint density at radius 3 is 2.62 bits per heavy atom. The number of nitrogens with one attached hydrogen (secondary N) is 1. The Balaban J connectivity index is 2.15. The molecule has 5 nitrogen and oxygen atoms in total. The highest BCUT2D eigenvalue weighted by atomic mass is 79.9. The quantitative estimate of drug-likeness (QED) is 0.769. The number of hydrogen-bond acceptors (Lipinski definition) is 3. The lowest BCUT2D eigenvalue weighted by atomic mass is 10.0. The molecule has 0 unspecified atom stereocenters. The van der Waals surface area contributed by atoms with Crippen molar-refractivity contribution in [1.82, 2.24) is 14.8 Å². The summed E-state index contributed by atoms with van der Waals surface area (Å²) in [6, 6.07) is 9.95. The highest BCUT2D eigenvalue weighted by molar-refractivity contribution is 9.10. The maximum atomic E-state index is 13.8. The smallest absolute Gasteiger partial charge is 0.270 e. The summed E-state index contributed by atoms with van der Waals surface area (Å²) in [7, 11) is 0. The van der Waals surface area contributed by atoms with Crippen LogP contribution in [0.15, 0.2) is 50.6 Å². The van der Waals surface area contributed by atoms with Gasteiger partial charge in [-0.05, 0) is 32.9 Å². The number of halogens is 2. The summed E-state index contributed by atoms with van der Waals surface area (Å²) < 4.78 is 14.9. The van der Waals surface area contributed by atoms with Gasteiger partial charge in [-0.1, -0.05) is 30.3 Å². The average Bonchev–Trinajstić information content (AvgIpc) is 2.48.